The van der Waals surface area contributed by atoms with Gasteiger partial charge in [0.15, 0.2) is 0 Å². The lowest BCUT2D eigenvalue weighted by molar-refractivity contribution is -0.126. The van der Waals surface area contributed by atoms with Crippen molar-refractivity contribution < 1.29 is 14.4 Å². The zero-order chi connectivity index (χ0) is 27.8. The molecule has 1 aliphatic rings. The van der Waals surface area contributed by atoms with E-state index in [0.717, 1.165) is 66.4 Å². The van der Waals surface area contributed by atoms with Crippen LogP contribution in [0.2, 0.25) is 0 Å². The first-order valence-electron chi connectivity index (χ1n) is 14.1. The van der Waals surface area contributed by atoms with Crippen LogP contribution in [0.25, 0.3) is 10.2 Å². The number of aryl methyl sites for hydroxylation is 1. The fraction of sp³-hybridized carbons (Fsp3) is 0.500. The molecule has 1 aliphatic carbocycles. The molecule has 0 radical (unpaired) electrons. The summed E-state index contributed by atoms with van der Waals surface area (Å²) in [6, 6.07) is 11.8. The molecule has 1 fully saturated rings. The van der Waals surface area contributed by atoms with Crippen LogP contribution in [-0.2, 0) is 16.1 Å². The minimum absolute atomic E-state index is 0.00105. The number of nitrogens with one attached hydrogen (secondary N) is 2. The lowest BCUT2D eigenvalue weighted by atomic mass is 9.85. The number of likely N-dealkylation sites (N-methyl/N-ethyl adjacent to an activating group) is 1. The third-order valence-electron chi connectivity index (χ3n) is 7.59. The minimum atomic E-state index is -0.169. The summed E-state index contributed by atoms with van der Waals surface area (Å²) in [7, 11) is 0. The highest BCUT2D eigenvalue weighted by Gasteiger charge is 2.28. The highest BCUT2D eigenvalue weighted by Crippen LogP contribution is 2.28. The average Bonchev–Trinajstić information content (AvgIpc) is 3.52. The van der Waals surface area contributed by atoms with E-state index in [0.29, 0.717) is 25.3 Å². The lowest BCUT2D eigenvalue weighted by Crippen LogP contribution is -2.42. The number of aromatic nitrogens is 1. The van der Waals surface area contributed by atoms with E-state index in [-0.39, 0.29) is 36.2 Å². The first kappa shape index (κ1) is 28.8. The van der Waals surface area contributed by atoms with Gasteiger partial charge in [0.05, 0.1) is 10.2 Å². The second kappa shape index (κ2) is 13.8. The minimum Gasteiger partial charge on any atom is -0.356 e. The van der Waals surface area contributed by atoms with Crippen molar-refractivity contribution in [3.8, 4) is 0 Å². The van der Waals surface area contributed by atoms with Gasteiger partial charge >= 0.3 is 0 Å². The number of carbonyl (C=O) groups excluding carboxylic acids is 3. The number of fused-ring (bicyclic) bond motifs is 1. The predicted molar refractivity (Wildman–Crippen MR) is 158 cm³/mol. The summed E-state index contributed by atoms with van der Waals surface area (Å²) in [6.07, 6.45) is 6.02. The summed E-state index contributed by atoms with van der Waals surface area (Å²) in [5.41, 5.74) is 8.87. The number of amides is 3. The Balaban J connectivity index is 1.37. The summed E-state index contributed by atoms with van der Waals surface area (Å²) >= 11 is 1.56. The molecule has 4 rings (SSSR count). The molecule has 1 saturated carbocycles. The van der Waals surface area contributed by atoms with Gasteiger partial charge in [-0.25, -0.2) is 0 Å². The molecule has 210 valence electrons. The van der Waals surface area contributed by atoms with Gasteiger partial charge in [-0.1, -0.05) is 18.6 Å². The smallest absolute Gasteiger partial charge is 0.268 e. The molecule has 39 heavy (non-hydrogen) atoms. The van der Waals surface area contributed by atoms with E-state index in [2.05, 4.69) is 10.6 Å². The van der Waals surface area contributed by atoms with E-state index >= 15 is 0 Å². The first-order chi connectivity index (χ1) is 18.9. The molecular weight excluding hydrogens is 510 g/mol. The molecule has 0 atom stereocenters. The Bertz CT molecular complexity index is 1270. The molecule has 0 saturated heterocycles. The largest absolute Gasteiger partial charge is 0.356 e. The standard InChI is InChI=1S/C30H41N5O3S/c1-3-34(24-9-7-8-21(2)18-24)28(36)20-35-25-14-17-39-27(25)19-26(35)30(38)33-23-12-10-22(11-13-23)29(37)32-16-6-4-5-15-31/h7-9,14,17-19,22-23H,3-6,10-13,15-16,20,31H2,1-2H3,(H,32,37)(H,33,38). The van der Waals surface area contributed by atoms with E-state index in [4.69, 9.17) is 5.73 Å². The molecular formula is C30H41N5O3S. The third kappa shape index (κ3) is 7.28. The maximum atomic E-state index is 13.4. The molecule has 3 amide bonds. The van der Waals surface area contributed by atoms with Crippen LogP contribution in [0.4, 0.5) is 5.69 Å². The molecule has 0 unspecified atom stereocenters. The number of unbranched alkanes of at least 4 members (excludes halogenated alkanes) is 2. The summed E-state index contributed by atoms with van der Waals surface area (Å²) in [5, 5.41) is 8.22. The van der Waals surface area contributed by atoms with Gasteiger partial charge in [0.25, 0.3) is 5.91 Å². The second-order valence-electron chi connectivity index (χ2n) is 10.4. The van der Waals surface area contributed by atoms with E-state index in [1.54, 1.807) is 16.2 Å². The maximum absolute atomic E-state index is 13.4. The van der Waals surface area contributed by atoms with Crippen LogP contribution >= 0.6 is 11.3 Å². The van der Waals surface area contributed by atoms with Crippen molar-refractivity contribution in [3.05, 3.63) is 53.0 Å². The SMILES string of the molecule is CCN(C(=O)Cn1c(C(=O)NC2CCC(C(=O)NCCCCCN)CC2)cc2sccc21)c1cccc(C)c1. The first-order valence-corrected chi connectivity index (χ1v) is 15.0. The van der Waals surface area contributed by atoms with Crippen molar-refractivity contribution in [2.24, 2.45) is 11.7 Å². The number of rotatable bonds is 12. The number of thiophene rings is 1. The van der Waals surface area contributed by atoms with Crippen molar-refractivity contribution >= 4 is 45.0 Å². The quantitative estimate of drug-likeness (QED) is 0.286. The van der Waals surface area contributed by atoms with Crippen LogP contribution < -0.4 is 21.3 Å². The predicted octanol–water partition coefficient (Wildman–Crippen LogP) is 4.60. The summed E-state index contributed by atoms with van der Waals surface area (Å²) in [4.78, 5) is 41.2. The zero-order valence-electron chi connectivity index (χ0n) is 23.1. The second-order valence-corrected chi connectivity index (χ2v) is 11.4. The normalized spacial score (nSPS) is 17.2. The highest BCUT2D eigenvalue weighted by molar-refractivity contribution is 7.17. The molecule has 0 aliphatic heterocycles. The number of nitrogens with zero attached hydrogens (tertiary/aromatic N) is 2. The average molecular weight is 552 g/mol. The molecule has 9 heteroatoms. The van der Waals surface area contributed by atoms with Crippen molar-refractivity contribution in [1.82, 2.24) is 15.2 Å². The molecule has 2 aromatic heterocycles. The van der Waals surface area contributed by atoms with Crippen molar-refractivity contribution in [1.29, 1.82) is 0 Å². The molecule has 3 aromatic rings. The van der Waals surface area contributed by atoms with E-state index in [9.17, 15) is 14.4 Å². The fourth-order valence-electron chi connectivity index (χ4n) is 5.42. The molecule has 2 heterocycles. The van der Waals surface area contributed by atoms with Gasteiger partial charge < -0.3 is 25.8 Å². The molecule has 8 nitrogen and oxygen atoms in total. The van der Waals surface area contributed by atoms with Gasteiger partial charge in [-0.15, -0.1) is 11.3 Å². The van der Waals surface area contributed by atoms with Crippen LogP contribution in [0, 0.1) is 12.8 Å². The highest BCUT2D eigenvalue weighted by atomic mass is 32.1. The maximum Gasteiger partial charge on any atom is 0.268 e. The monoisotopic (exact) mass is 551 g/mol. The molecule has 0 spiro atoms. The Morgan fingerprint density at radius 1 is 1.08 bits per heavy atom. The number of hydrogen-bond donors (Lipinski definition) is 3. The number of benzene rings is 1. The Morgan fingerprint density at radius 3 is 2.59 bits per heavy atom. The van der Waals surface area contributed by atoms with Crippen molar-refractivity contribution in [2.75, 3.05) is 24.5 Å². The number of anilines is 1. The van der Waals surface area contributed by atoms with Gasteiger partial charge in [0, 0.05) is 30.7 Å². The van der Waals surface area contributed by atoms with Crippen LogP contribution in [-0.4, -0.2) is 48.0 Å². The number of nitrogens with two attached hydrogens (primary N) is 1. The Hall–Kier alpha value is -3.17. The van der Waals surface area contributed by atoms with Crippen LogP contribution in [0.3, 0.4) is 0 Å². The van der Waals surface area contributed by atoms with Gasteiger partial charge in [0.1, 0.15) is 12.2 Å². The van der Waals surface area contributed by atoms with Gasteiger partial charge in [0.2, 0.25) is 11.8 Å². The summed E-state index contributed by atoms with van der Waals surface area (Å²) in [6.45, 7) is 5.98. The van der Waals surface area contributed by atoms with Gasteiger partial charge in [-0.2, -0.15) is 0 Å². The van der Waals surface area contributed by atoms with Crippen molar-refractivity contribution in [2.45, 2.75) is 71.4 Å². The Morgan fingerprint density at radius 2 is 1.87 bits per heavy atom. The van der Waals surface area contributed by atoms with Crippen LogP contribution in [0.5, 0.6) is 0 Å². The van der Waals surface area contributed by atoms with Gasteiger partial charge in [-0.3, -0.25) is 14.4 Å². The topological polar surface area (TPSA) is 109 Å². The number of hydrogen-bond acceptors (Lipinski definition) is 5. The van der Waals surface area contributed by atoms with Crippen LogP contribution in [0.15, 0.2) is 41.8 Å². The number of carbonyl (C=O) groups is 3. The van der Waals surface area contributed by atoms with E-state index < -0.39 is 0 Å². The fourth-order valence-corrected chi connectivity index (χ4v) is 6.24. The molecule has 1 aromatic carbocycles. The van der Waals surface area contributed by atoms with E-state index in [1.807, 2.05) is 60.2 Å². The van der Waals surface area contributed by atoms with E-state index in [1.165, 1.54) is 0 Å². The summed E-state index contributed by atoms with van der Waals surface area (Å²) in [5.74, 6) is -0.108. The molecule has 4 N–H and O–H groups in total. The van der Waals surface area contributed by atoms with Gasteiger partial charge in [-0.05, 0) is 94.1 Å². The van der Waals surface area contributed by atoms with Crippen LogP contribution in [0.1, 0.15) is 67.9 Å². The third-order valence-corrected chi connectivity index (χ3v) is 8.45. The lowest BCUT2D eigenvalue weighted by Gasteiger charge is -2.28. The zero-order valence-corrected chi connectivity index (χ0v) is 23.9. The molecule has 0 bridgehead atoms. The summed E-state index contributed by atoms with van der Waals surface area (Å²) < 4.78 is 2.82. The van der Waals surface area contributed by atoms with Crippen molar-refractivity contribution in [3.63, 3.8) is 0 Å². The Labute approximate surface area is 234 Å². The Kier molecular flexibility index (Phi) is 10.2.